The summed E-state index contributed by atoms with van der Waals surface area (Å²) in [6, 6.07) is 1.09. The molecular weight excluding hydrogens is 282 g/mol. The van der Waals surface area contributed by atoms with Gasteiger partial charge in [-0.15, -0.1) is 0 Å². The first-order valence-corrected chi connectivity index (χ1v) is 4.42. The molecule has 0 fully saturated rings. The van der Waals surface area contributed by atoms with Crippen LogP contribution in [-0.4, -0.2) is 0 Å². The molecule has 4 heteroatoms. The molecule has 0 radical (unpaired) electrons. The number of halogens is 4. The lowest BCUT2D eigenvalue weighted by Crippen LogP contribution is -1.90. The molecule has 0 aliphatic carbocycles. The van der Waals surface area contributed by atoms with E-state index in [9.17, 15) is 8.78 Å². The van der Waals surface area contributed by atoms with Crippen molar-refractivity contribution in [2.45, 2.75) is 6.92 Å². The van der Waals surface area contributed by atoms with Gasteiger partial charge in [-0.1, -0.05) is 0 Å². The summed E-state index contributed by atoms with van der Waals surface area (Å²) in [5.41, 5.74) is 0.275. The molecule has 0 aliphatic rings. The van der Waals surface area contributed by atoms with E-state index in [0.29, 0.717) is 8.95 Å². The number of benzene rings is 1. The third-order valence-electron chi connectivity index (χ3n) is 1.33. The second-order valence-corrected chi connectivity index (χ2v) is 3.74. The van der Waals surface area contributed by atoms with Crippen LogP contribution in [0.2, 0.25) is 0 Å². The smallest absolute Gasteiger partial charge is 0.162 e. The van der Waals surface area contributed by atoms with Gasteiger partial charge in [0, 0.05) is 14.5 Å². The molecule has 1 rings (SSSR count). The number of rotatable bonds is 0. The molecule has 0 amide bonds. The maximum atomic E-state index is 12.7. The average Bonchev–Trinajstić information content (AvgIpc) is 1.97. The zero-order chi connectivity index (χ0) is 8.59. The summed E-state index contributed by atoms with van der Waals surface area (Å²) in [5.74, 6) is -1.64. The minimum atomic E-state index is -0.836. The van der Waals surface area contributed by atoms with Crippen LogP contribution in [0.5, 0.6) is 0 Å². The van der Waals surface area contributed by atoms with Gasteiger partial charge in [-0.25, -0.2) is 8.78 Å². The summed E-state index contributed by atoms with van der Waals surface area (Å²) in [6.45, 7) is 1.51. The van der Waals surface area contributed by atoms with E-state index in [1.165, 1.54) is 6.92 Å². The highest BCUT2D eigenvalue weighted by Crippen LogP contribution is 2.29. The van der Waals surface area contributed by atoms with Gasteiger partial charge in [0.05, 0.1) is 0 Å². The summed E-state index contributed by atoms with van der Waals surface area (Å²) < 4.78 is 26.4. The molecule has 11 heavy (non-hydrogen) atoms. The van der Waals surface area contributed by atoms with Crippen molar-refractivity contribution in [2.24, 2.45) is 0 Å². The molecule has 0 heterocycles. The first-order valence-electron chi connectivity index (χ1n) is 2.83. The van der Waals surface area contributed by atoms with Gasteiger partial charge in [0.15, 0.2) is 11.6 Å². The average molecular weight is 286 g/mol. The van der Waals surface area contributed by atoms with Crippen molar-refractivity contribution in [3.63, 3.8) is 0 Å². The van der Waals surface area contributed by atoms with E-state index in [0.717, 1.165) is 6.07 Å². The van der Waals surface area contributed by atoms with Crippen molar-refractivity contribution >= 4 is 31.9 Å². The maximum Gasteiger partial charge on any atom is 0.162 e. The van der Waals surface area contributed by atoms with Crippen LogP contribution >= 0.6 is 31.9 Å². The molecule has 0 saturated carbocycles. The van der Waals surface area contributed by atoms with Crippen LogP contribution in [-0.2, 0) is 0 Å². The summed E-state index contributed by atoms with van der Waals surface area (Å²) in [5, 5.41) is 0. The van der Waals surface area contributed by atoms with E-state index in [2.05, 4.69) is 31.9 Å². The zero-order valence-electron chi connectivity index (χ0n) is 5.59. The van der Waals surface area contributed by atoms with Crippen LogP contribution in [0.4, 0.5) is 8.78 Å². The second-order valence-electron chi connectivity index (χ2n) is 2.09. The molecule has 0 N–H and O–H groups in total. The van der Waals surface area contributed by atoms with Crippen LogP contribution in [0.25, 0.3) is 0 Å². The Hall–Kier alpha value is 0.0400. The van der Waals surface area contributed by atoms with Gasteiger partial charge in [-0.3, -0.25) is 0 Å². The molecule has 0 aliphatic heterocycles. The van der Waals surface area contributed by atoms with Gasteiger partial charge in [-0.2, -0.15) is 0 Å². The molecule has 60 valence electrons. The Labute approximate surface area is 79.9 Å². The monoisotopic (exact) mass is 284 g/mol. The lowest BCUT2D eigenvalue weighted by molar-refractivity contribution is 0.501. The maximum absolute atomic E-state index is 12.7. The fourth-order valence-corrected chi connectivity index (χ4v) is 1.48. The van der Waals surface area contributed by atoms with Crippen molar-refractivity contribution in [1.29, 1.82) is 0 Å². The number of hydrogen-bond donors (Lipinski definition) is 0. The van der Waals surface area contributed by atoms with Crippen LogP contribution in [0, 0.1) is 18.6 Å². The Kier molecular flexibility index (Phi) is 2.65. The third-order valence-corrected chi connectivity index (χ3v) is 3.51. The van der Waals surface area contributed by atoms with E-state index >= 15 is 0 Å². The molecule has 1 aromatic carbocycles. The highest BCUT2D eigenvalue weighted by molar-refractivity contribution is 9.13. The molecule has 0 atom stereocenters. The molecule has 0 saturated heterocycles. The summed E-state index contributed by atoms with van der Waals surface area (Å²) in [4.78, 5) is 0. The van der Waals surface area contributed by atoms with Gasteiger partial charge in [0.25, 0.3) is 0 Å². The number of hydrogen-bond acceptors (Lipinski definition) is 0. The van der Waals surface area contributed by atoms with Crippen molar-refractivity contribution in [3.05, 3.63) is 32.2 Å². The topological polar surface area (TPSA) is 0 Å². The molecule has 0 nitrogen and oxygen atoms in total. The molecule has 1 aromatic rings. The third kappa shape index (κ3) is 1.62. The fraction of sp³-hybridized carbons (Fsp3) is 0.143. The van der Waals surface area contributed by atoms with E-state index in [1.807, 2.05) is 0 Å². The normalized spacial score (nSPS) is 10.3. The highest BCUT2D eigenvalue weighted by atomic mass is 79.9. The standard InChI is InChI=1S/C7H4Br2F2/c1-3-6(9)4(8)2-5(10)7(3)11/h2H,1H3. The Morgan fingerprint density at radius 1 is 1.27 bits per heavy atom. The minimum Gasteiger partial charge on any atom is -0.204 e. The molecule has 0 spiro atoms. The van der Waals surface area contributed by atoms with Gasteiger partial charge >= 0.3 is 0 Å². The fourth-order valence-electron chi connectivity index (χ4n) is 0.693. The predicted octanol–water partition coefficient (Wildman–Crippen LogP) is 3.80. The Bertz CT molecular complexity index is 271. The Morgan fingerprint density at radius 3 is 2.36 bits per heavy atom. The summed E-state index contributed by atoms with van der Waals surface area (Å²) in [6.07, 6.45) is 0. The van der Waals surface area contributed by atoms with Crippen molar-refractivity contribution in [2.75, 3.05) is 0 Å². The largest absolute Gasteiger partial charge is 0.204 e. The highest BCUT2D eigenvalue weighted by Gasteiger charge is 2.11. The SMILES string of the molecule is Cc1c(F)c(F)cc(Br)c1Br. The van der Waals surface area contributed by atoms with Crippen molar-refractivity contribution < 1.29 is 8.78 Å². The van der Waals surface area contributed by atoms with Crippen molar-refractivity contribution in [3.8, 4) is 0 Å². The van der Waals surface area contributed by atoms with E-state index in [-0.39, 0.29) is 5.56 Å². The lowest BCUT2D eigenvalue weighted by atomic mass is 10.2. The summed E-state index contributed by atoms with van der Waals surface area (Å²) >= 11 is 6.19. The van der Waals surface area contributed by atoms with Crippen LogP contribution in [0.3, 0.4) is 0 Å². The van der Waals surface area contributed by atoms with Gasteiger partial charge in [0.2, 0.25) is 0 Å². The first kappa shape index (κ1) is 9.13. The van der Waals surface area contributed by atoms with E-state index < -0.39 is 11.6 Å². The second kappa shape index (κ2) is 3.19. The summed E-state index contributed by atoms with van der Waals surface area (Å²) in [7, 11) is 0. The molecule has 0 unspecified atom stereocenters. The Balaban J connectivity index is 3.46. The predicted molar refractivity (Wildman–Crippen MR) is 46.5 cm³/mol. The molecule has 0 aromatic heterocycles. The van der Waals surface area contributed by atoms with E-state index in [1.54, 1.807) is 0 Å². The van der Waals surface area contributed by atoms with Crippen LogP contribution in [0.1, 0.15) is 5.56 Å². The molecular formula is C7H4Br2F2. The van der Waals surface area contributed by atoms with Gasteiger partial charge in [-0.05, 0) is 44.8 Å². The molecule has 0 bridgehead atoms. The lowest BCUT2D eigenvalue weighted by Gasteiger charge is -2.02. The van der Waals surface area contributed by atoms with Gasteiger partial charge < -0.3 is 0 Å². The van der Waals surface area contributed by atoms with Crippen LogP contribution in [0.15, 0.2) is 15.0 Å². The van der Waals surface area contributed by atoms with E-state index in [4.69, 9.17) is 0 Å². The first-order chi connectivity index (χ1) is 5.04. The minimum absolute atomic E-state index is 0.275. The Morgan fingerprint density at radius 2 is 1.82 bits per heavy atom. The van der Waals surface area contributed by atoms with Crippen LogP contribution < -0.4 is 0 Å². The quantitative estimate of drug-likeness (QED) is 0.636. The van der Waals surface area contributed by atoms with Crippen molar-refractivity contribution in [1.82, 2.24) is 0 Å². The zero-order valence-corrected chi connectivity index (χ0v) is 8.76. The van der Waals surface area contributed by atoms with Gasteiger partial charge in [0.1, 0.15) is 0 Å².